The van der Waals surface area contributed by atoms with Gasteiger partial charge >= 0.3 is 0 Å². The first-order valence-electron chi connectivity index (χ1n) is 9.53. The molecule has 2 heterocycles. The van der Waals surface area contributed by atoms with Crippen molar-refractivity contribution in [1.29, 1.82) is 0 Å². The van der Waals surface area contributed by atoms with E-state index in [1.165, 1.54) is 37.1 Å². The van der Waals surface area contributed by atoms with Crippen molar-refractivity contribution in [3.8, 4) is 11.8 Å². The van der Waals surface area contributed by atoms with Crippen LogP contribution in [0.4, 0.5) is 0 Å². The van der Waals surface area contributed by atoms with E-state index in [-0.39, 0.29) is 6.61 Å². The minimum atomic E-state index is -0.0770. The highest BCUT2D eigenvalue weighted by atomic mass is 32.1. The molecule has 0 amide bonds. The van der Waals surface area contributed by atoms with Crippen molar-refractivity contribution < 1.29 is 5.11 Å². The molecule has 1 fully saturated rings. The van der Waals surface area contributed by atoms with Gasteiger partial charge < -0.3 is 10.4 Å². The molecule has 2 N–H and O–H groups in total. The van der Waals surface area contributed by atoms with Crippen molar-refractivity contribution in [3.05, 3.63) is 57.3 Å². The summed E-state index contributed by atoms with van der Waals surface area (Å²) in [6, 6.07) is 12.3. The van der Waals surface area contributed by atoms with Gasteiger partial charge in [-0.3, -0.25) is 4.90 Å². The molecular formula is C22H26N2OS. The minimum Gasteiger partial charge on any atom is -0.384 e. The van der Waals surface area contributed by atoms with Gasteiger partial charge in [0.2, 0.25) is 0 Å². The first kappa shape index (κ1) is 17.8. The number of likely N-dealkylation sites (tertiary alicyclic amines) is 1. The summed E-state index contributed by atoms with van der Waals surface area (Å²) in [4.78, 5) is 4.02. The summed E-state index contributed by atoms with van der Waals surface area (Å²) in [6.07, 6.45) is 4.96. The lowest BCUT2D eigenvalue weighted by Crippen LogP contribution is -2.49. The molecule has 0 radical (unpaired) electrons. The summed E-state index contributed by atoms with van der Waals surface area (Å²) in [7, 11) is 0. The van der Waals surface area contributed by atoms with E-state index in [0.29, 0.717) is 12.1 Å². The van der Waals surface area contributed by atoms with Gasteiger partial charge in [0.05, 0.1) is 0 Å². The van der Waals surface area contributed by atoms with Crippen LogP contribution in [-0.2, 0) is 19.4 Å². The van der Waals surface area contributed by atoms with Crippen LogP contribution in [-0.4, -0.2) is 41.8 Å². The Morgan fingerprint density at radius 3 is 2.81 bits per heavy atom. The number of rotatable bonds is 4. The van der Waals surface area contributed by atoms with Crippen LogP contribution < -0.4 is 5.32 Å². The largest absolute Gasteiger partial charge is 0.384 e. The SMILES string of the molecule is OCC#Cc1csc(CNC2CCCN(C3Cc4ccccc4C3)C2)c1. The highest BCUT2D eigenvalue weighted by Crippen LogP contribution is 2.27. The highest BCUT2D eigenvalue weighted by Gasteiger charge is 2.30. The summed E-state index contributed by atoms with van der Waals surface area (Å²) in [5.41, 5.74) is 4.10. The van der Waals surface area contributed by atoms with Crippen LogP contribution in [0.5, 0.6) is 0 Å². The van der Waals surface area contributed by atoms with Crippen molar-refractivity contribution >= 4 is 11.3 Å². The van der Waals surface area contributed by atoms with E-state index in [0.717, 1.165) is 18.7 Å². The number of nitrogens with zero attached hydrogens (tertiary/aromatic N) is 1. The van der Waals surface area contributed by atoms with Crippen LogP contribution in [0.1, 0.15) is 34.4 Å². The molecule has 0 saturated carbocycles. The molecule has 0 spiro atoms. The Hall–Kier alpha value is -1.64. The molecule has 1 aromatic heterocycles. The molecule has 136 valence electrons. The molecule has 0 bridgehead atoms. The lowest BCUT2D eigenvalue weighted by Gasteiger charge is -2.37. The maximum Gasteiger partial charge on any atom is 0.104 e. The molecular weight excluding hydrogens is 340 g/mol. The average molecular weight is 367 g/mol. The zero-order valence-electron chi connectivity index (χ0n) is 15.1. The Balaban J connectivity index is 1.30. The fourth-order valence-corrected chi connectivity index (χ4v) is 4.99. The molecule has 26 heavy (non-hydrogen) atoms. The van der Waals surface area contributed by atoms with Gasteiger partial charge in [-0.1, -0.05) is 36.1 Å². The number of hydrogen-bond acceptors (Lipinski definition) is 4. The molecule has 2 aliphatic rings. The Morgan fingerprint density at radius 2 is 2.04 bits per heavy atom. The molecule has 1 saturated heterocycles. The normalized spacial score (nSPS) is 20.6. The number of nitrogens with one attached hydrogen (secondary N) is 1. The third-order valence-corrected chi connectivity index (χ3v) is 6.47. The molecule has 1 aromatic carbocycles. The van der Waals surface area contributed by atoms with Crippen LogP contribution in [0, 0.1) is 11.8 Å². The second-order valence-electron chi connectivity index (χ2n) is 7.31. The van der Waals surface area contributed by atoms with Gasteiger partial charge in [0, 0.05) is 41.0 Å². The van der Waals surface area contributed by atoms with Crippen LogP contribution in [0.25, 0.3) is 0 Å². The van der Waals surface area contributed by atoms with E-state index in [1.54, 1.807) is 22.5 Å². The third kappa shape index (κ3) is 4.19. The van der Waals surface area contributed by atoms with E-state index in [9.17, 15) is 0 Å². The van der Waals surface area contributed by atoms with Gasteiger partial charge in [-0.05, 0) is 49.4 Å². The Kier molecular flexibility index (Phi) is 5.72. The lowest BCUT2D eigenvalue weighted by molar-refractivity contribution is 0.140. The van der Waals surface area contributed by atoms with E-state index in [2.05, 4.69) is 57.8 Å². The third-order valence-electron chi connectivity index (χ3n) is 5.53. The molecule has 4 heteroatoms. The predicted octanol–water partition coefficient (Wildman–Crippen LogP) is 2.81. The predicted molar refractivity (Wildman–Crippen MR) is 107 cm³/mol. The standard InChI is InChI=1S/C22H26N2OS/c25-10-4-5-17-11-22(26-16-17)14-23-20-8-3-9-24(15-20)21-12-18-6-1-2-7-19(18)13-21/h1-2,6-7,11,16,20-21,23,25H,3,8-10,12-15H2. The number of aliphatic hydroxyl groups excluding tert-OH is 1. The van der Waals surface area contributed by atoms with Gasteiger partial charge in [0.15, 0.2) is 0 Å². The quantitative estimate of drug-likeness (QED) is 0.817. The number of piperidine rings is 1. The fraction of sp³-hybridized carbons (Fsp3) is 0.455. The maximum atomic E-state index is 8.79. The maximum absolute atomic E-state index is 8.79. The smallest absolute Gasteiger partial charge is 0.104 e. The van der Waals surface area contributed by atoms with Crippen molar-refractivity contribution in [2.24, 2.45) is 0 Å². The number of benzene rings is 1. The van der Waals surface area contributed by atoms with Crippen molar-refractivity contribution in [1.82, 2.24) is 10.2 Å². The first-order valence-corrected chi connectivity index (χ1v) is 10.4. The summed E-state index contributed by atoms with van der Waals surface area (Å²) >= 11 is 1.75. The van der Waals surface area contributed by atoms with Gasteiger partial charge in [-0.2, -0.15) is 0 Å². The average Bonchev–Trinajstić information content (AvgIpc) is 3.31. The molecule has 1 aliphatic heterocycles. The van der Waals surface area contributed by atoms with Crippen molar-refractivity contribution in [2.75, 3.05) is 19.7 Å². The second kappa shape index (κ2) is 8.37. The Bertz CT molecular complexity index is 779. The fourth-order valence-electron chi connectivity index (χ4n) is 4.22. The van der Waals surface area contributed by atoms with Crippen LogP contribution in [0.2, 0.25) is 0 Å². The highest BCUT2D eigenvalue weighted by molar-refractivity contribution is 7.10. The summed E-state index contributed by atoms with van der Waals surface area (Å²) in [5.74, 6) is 5.69. The van der Waals surface area contributed by atoms with E-state index < -0.39 is 0 Å². The van der Waals surface area contributed by atoms with Gasteiger partial charge in [0.25, 0.3) is 0 Å². The zero-order chi connectivity index (χ0) is 17.8. The van der Waals surface area contributed by atoms with Gasteiger partial charge in [-0.15, -0.1) is 11.3 Å². The monoisotopic (exact) mass is 366 g/mol. The zero-order valence-corrected chi connectivity index (χ0v) is 15.9. The Labute approximate surface area is 160 Å². The van der Waals surface area contributed by atoms with Crippen LogP contribution in [0.3, 0.4) is 0 Å². The summed E-state index contributed by atoms with van der Waals surface area (Å²) in [6.45, 7) is 3.22. The van der Waals surface area contributed by atoms with E-state index in [1.807, 2.05) is 0 Å². The van der Waals surface area contributed by atoms with Crippen LogP contribution in [0.15, 0.2) is 35.7 Å². The number of aliphatic hydroxyl groups is 1. The number of hydrogen-bond donors (Lipinski definition) is 2. The van der Waals surface area contributed by atoms with Crippen molar-refractivity contribution in [3.63, 3.8) is 0 Å². The van der Waals surface area contributed by atoms with Crippen molar-refractivity contribution in [2.45, 2.75) is 44.3 Å². The first-order chi connectivity index (χ1) is 12.8. The molecule has 1 atom stereocenters. The number of thiophene rings is 1. The number of fused-ring (bicyclic) bond motifs is 1. The van der Waals surface area contributed by atoms with E-state index in [4.69, 9.17) is 5.11 Å². The minimum absolute atomic E-state index is 0.0770. The molecule has 1 unspecified atom stereocenters. The molecule has 4 rings (SSSR count). The van der Waals surface area contributed by atoms with Gasteiger partial charge in [0.1, 0.15) is 6.61 Å². The molecule has 3 nitrogen and oxygen atoms in total. The van der Waals surface area contributed by atoms with Gasteiger partial charge in [-0.25, -0.2) is 0 Å². The lowest BCUT2D eigenvalue weighted by atomic mass is 10.0. The Morgan fingerprint density at radius 1 is 1.23 bits per heavy atom. The summed E-state index contributed by atoms with van der Waals surface area (Å²) in [5, 5.41) is 14.6. The van der Waals surface area contributed by atoms with Crippen LogP contribution >= 0.6 is 11.3 Å². The summed E-state index contributed by atoms with van der Waals surface area (Å²) < 4.78 is 0. The van der Waals surface area contributed by atoms with E-state index >= 15 is 0 Å². The molecule has 2 aromatic rings. The second-order valence-corrected chi connectivity index (χ2v) is 8.30. The molecule has 1 aliphatic carbocycles. The topological polar surface area (TPSA) is 35.5 Å².